The summed E-state index contributed by atoms with van der Waals surface area (Å²) >= 11 is 1.31. The number of nitrogens with zero attached hydrogens (tertiary/aromatic N) is 3. The molecule has 3 heterocycles. The van der Waals surface area contributed by atoms with Crippen LogP contribution in [0.2, 0.25) is 0 Å². The van der Waals surface area contributed by atoms with Crippen LogP contribution in [0.1, 0.15) is 34.0 Å². The Morgan fingerprint density at radius 3 is 2.76 bits per heavy atom. The summed E-state index contributed by atoms with van der Waals surface area (Å²) in [6, 6.07) is 14.6. The zero-order chi connectivity index (χ0) is 22.9. The number of aromatic nitrogens is 4. The van der Waals surface area contributed by atoms with E-state index in [1.54, 1.807) is 24.3 Å². The first-order chi connectivity index (χ1) is 16.0. The van der Waals surface area contributed by atoms with Crippen molar-refractivity contribution in [2.24, 2.45) is 0 Å². The molecule has 0 aliphatic rings. The van der Waals surface area contributed by atoms with E-state index < -0.39 is 0 Å². The zero-order valence-corrected chi connectivity index (χ0v) is 18.7. The van der Waals surface area contributed by atoms with Crippen LogP contribution in [0.4, 0.5) is 5.69 Å². The number of amides is 2. The highest BCUT2D eigenvalue weighted by atomic mass is 32.1. The molecule has 0 unspecified atom stereocenters. The standard InChI is InChI=1S/C24H20N6O2S/c1-13(2)28-22(31)15-4-3-5-16(10-15)29-23(32)24-30-18-7-6-14(11-19(18)33-24)20-17-8-9-25-21(17)27-12-26-20/h3-13H,1-2H3,(H,28,31)(H,29,32)(H,25,26,27). The second-order valence-corrected chi connectivity index (χ2v) is 8.86. The number of rotatable bonds is 5. The van der Waals surface area contributed by atoms with Crippen molar-refractivity contribution in [3.05, 3.63) is 71.6 Å². The predicted molar refractivity (Wildman–Crippen MR) is 130 cm³/mol. The first-order valence-corrected chi connectivity index (χ1v) is 11.2. The number of hydrogen-bond acceptors (Lipinski definition) is 6. The Hall–Kier alpha value is -4.11. The molecule has 2 amide bonds. The van der Waals surface area contributed by atoms with E-state index in [1.807, 2.05) is 44.3 Å². The van der Waals surface area contributed by atoms with E-state index in [0.29, 0.717) is 16.3 Å². The minimum Gasteiger partial charge on any atom is -0.350 e. The highest BCUT2D eigenvalue weighted by Gasteiger charge is 2.15. The molecule has 5 rings (SSSR count). The lowest BCUT2D eigenvalue weighted by Gasteiger charge is -2.09. The minimum atomic E-state index is -0.325. The van der Waals surface area contributed by atoms with Gasteiger partial charge in [-0.15, -0.1) is 11.3 Å². The fraction of sp³-hybridized carbons (Fsp3) is 0.125. The largest absolute Gasteiger partial charge is 0.350 e. The van der Waals surface area contributed by atoms with Gasteiger partial charge in [0.25, 0.3) is 11.8 Å². The third kappa shape index (κ3) is 4.18. The Morgan fingerprint density at radius 2 is 1.91 bits per heavy atom. The maximum atomic E-state index is 12.8. The summed E-state index contributed by atoms with van der Waals surface area (Å²) in [5.74, 6) is -0.510. The number of anilines is 1. The summed E-state index contributed by atoms with van der Waals surface area (Å²) in [6.07, 6.45) is 3.36. The number of fused-ring (bicyclic) bond motifs is 2. The van der Waals surface area contributed by atoms with E-state index in [9.17, 15) is 9.59 Å². The number of aromatic amines is 1. The maximum Gasteiger partial charge on any atom is 0.284 e. The highest BCUT2D eigenvalue weighted by Crippen LogP contribution is 2.30. The summed E-state index contributed by atoms with van der Waals surface area (Å²) in [6.45, 7) is 3.79. The van der Waals surface area contributed by atoms with Gasteiger partial charge in [-0.3, -0.25) is 9.59 Å². The number of hydrogen-bond donors (Lipinski definition) is 3. The summed E-state index contributed by atoms with van der Waals surface area (Å²) < 4.78 is 0.880. The van der Waals surface area contributed by atoms with Gasteiger partial charge in [-0.1, -0.05) is 12.1 Å². The van der Waals surface area contributed by atoms with Crippen molar-refractivity contribution >= 4 is 50.1 Å². The number of carbonyl (C=O) groups excluding carboxylic acids is 2. The lowest BCUT2D eigenvalue weighted by molar-refractivity contribution is 0.0941. The molecule has 0 saturated carbocycles. The first-order valence-electron chi connectivity index (χ1n) is 10.4. The van der Waals surface area contributed by atoms with Crippen molar-refractivity contribution in [3.8, 4) is 11.3 Å². The van der Waals surface area contributed by atoms with Gasteiger partial charge in [-0.2, -0.15) is 0 Å². The average Bonchev–Trinajstić information content (AvgIpc) is 3.45. The second kappa shape index (κ2) is 8.44. The Bertz CT molecular complexity index is 1500. The van der Waals surface area contributed by atoms with Gasteiger partial charge < -0.3 is 15.6 Å². The van der Waals surface area contributed by atoms with E-state index in [0.717, 1.165) is 32.5 Å². The first kappa shape index (κ1) is 20.8. The molecule has 3 aromatic heterocycles. The van der Waals surface area contributed by atoms with E-state index in [2.05, 4.69) is 30.6 Å². The molecule has 8 nitrogen and oxygen atoms in total. The summed E-state index contributed by atoms with van der Waals surface area (Å²) in [7, 11) is 0. The van der Waals surface area contributed by atoms with Gasteiger partial charge in [0, 0.05) is 34.4 Å². The minimum absolute atomic E-state index is 0.0269. The summed E-state index contributed by atoms with van der Waals surface area (Å²) in [5.41, 5.74) is 4.27. The monoisotopic (exact) mass is 456 g/mol. The van der Waals surface area contributed by atoms with Crippen molar-refractivity contribution in [1.82, 2.24) is 25.3 Å². The van der Waals surface area contributed by atoms with Crippen molar-refractivity contribution in [2.45, 2.75) is 19.9 Å². The summed E-state index contributed by atoms with van der Waals surface area (Å²) in [4.78, 5) is 41.3. The van der Waals surface area contributed by atoms with Crippen LogP contribution in [0.25, 0.3) is 32.5 Å². The van der Waals surface area contributed by atoms with Crippen LogP contribution in [-0.4, -0.2) is 37.8 Å². The molecule has 0 bridgehead atoms. The molecule has 0 fully saturated rings. The molecule has 0 aliphatic heterocycles. The molecule has 0 atom stereocenters. The van der Waals surface area contributed by atoms with Gasteiger partial charge in [0.15, 0.2) is 5.01 Å². The molecule has 0 radical (unpaired) electrons. The van der Waals surface area contributed by atoms with Crippen LogP contribution in [0, 0.1) is 0 Å². The zero-order valence-electron chi connectivity index (χ0n) is 17.9. The molecule has 33 heavy (non-hydrogen) atoms. The van der Waals surface area contributed by atoms with Crippen LogP contribution < -0.4 is 10.6 Å². The molecule has 3 N–H and O–H groups in total. The van der Waals surface area contributed by atoms with Crippen LogP contribution in [0.3, 0.4) is 0 Å². The quantitative estimate of drug-likeness (QED) is 0.357. The number of benzene rings is 2. The van der Waals surface area contributed by atoms with Crippen LogP contribution in [0.15, 0.2) is 61.1 Å². The van der Waals surface area contributed by atoms with Crippen molar-refractivity contribution < 1.29 is 9.59 Å². The van der Waals surface area contributed by atoms with Gasteiger partial charge in [-0.25, -0.2) is 15.0 Å². The van der Waals surface area contributed by atoms with Gasteiger partial charge in [0.2, 0.25) is 0 Å². The summed E-state index contributed by atoms with van der Waals surface area (Å²) in [5, 5.41) is 6.96. The smallest absolute Gasteiger partial charge is 0.284 e. The Kier molecular flexibility index (Phi) is 5.31. The molecule has 5 aromatic rings. The van der Waals surface area contributed by atoms with E-state index in [-0.39, 0.29) is 17.9 Å². The molecule has 0 spiro atoms. The molecular formula is C24H20N6O2S. The van der Waals surface area contributed by atoms with Crippen LogP contribution in [-0.2, 0) is 0 Å². The van der Waals surface area contributed by atoms with Gasteiger partial charge in [0.1, 0.15) is 12.0 Å². The topological polar surface area (TPSA) is 113 Å². The highest BCUT2D eigenvalue weighted by molar-refractivity contribution is 7.20. The lowest BCUT2D eigenvalue weighted by Crippen LogP contribution is -2.30. The number of carbonyl (C=O) groups is 2. The Morgan fingerprint density at radius 1 is 1.03 bits per heavy atom. The Balaban J connectivity index is 1.40. The van der Waals surface area contributed by atoms with Crippen molar-refractivity contribution in [3.63, 3.8) is 0 Å². The third-order valence-corrected chi connectivity index (χ3v) is 6.03. The number of thiazole rings is 1. The predicted octanol–water partition coefficient (Wildman–Crippen LogP) is 4.63. The van der Waals surface area contributed by atoms with Crippen LogP contribution in [0.5, 0.6) is 0 Å². The average molecular weight is 457 g/mol. The van der Waals surface area contributed by atoms with Crippen LogP contribution >= 0.6 is 11.3 Å². The number of H-pyrrole nitrogens is 1. The molecule has 164 valence electrons. The Labute approximate surface area is 193 Å². The van der Waals surface area contributed by atoms with Crippen molar-refractivity contribution in [1.29, 1.82) is 0 Å². The van der Waals surface area contributed by atoms with Crippen molar-refractivity contribution in [2.75, 3.05) is 5.32 Å². The van der Waals surface area contributed by atoms with E-state index in [1.165, 1.54) is 17.7 Å². The van der Waals surface area contributed by atoms with Gasteiger partial charge in [-0.05, 0) is 50.2 Å². The molecule has 9 heteroatoms. The van der Waals surface area contributed by atoms with E-state index in [4.69, 9.17) is 0 Å². The maximum absolute atomic E-state index is 12.8. The molecule has 2 aromatic carbocycles. The molecule has 0 saturated heterocycles. The number of nitrogens with one attached hydrogen (secondary N) is 3. The van der Waals surface area contributed by atoms with Gasteiger partial charge in [0.05, 0.1) is 15.9 Å². The fourth-order valence-corrected chi connectivity index (χ4v) is 4.44. The normalized spacial score (nSPS) is 11.2. The third-order valence-electron chi connectivity index (χ3n) is 5.01. The van der Waals surface area contributed by atoms with Gasteiger partial charge >= 0.3 is 0 Å². The molecular weight excluding hydrogens is 436 g/mol. The van der Waals surface area contributed by atoms with E-state index >= 15 is 0 Å². The molecule has 0 aliphatic carbocycles. The SMILES string of the molecule is CC(C)NC(=O)c1cccc(NC(=O)c2nc3ccc(-c4ncnc5[nH]ccc45)cc3s2)c1. The fourth-order valence-electron chi connectivity index (χ4n) is 3.54. The lowest BCUT2D eigenvalue weighted by atomic mass is 10.1. The second-order valence-electron chi connectivity index (χ2n) is 7.83.